The Kier molecular flexibility index (Phi) is 3.30. The van der Waals surface area contributed by atoms with Crippen molar-refractivity contribution >= 4 is 29.3 Å². The van der Waals surface area contributed by atoms with Crippen LogP contribution in [-0.2, 0) is 4.79 Å². The molecule has 1 aromatic rings. The second-order valence-corrected chi connectivity index (χ2v) is 3.83. The van der Waals surface area contributed by atoms with Gasteiger partial charge in [-0.15, -0.1) is 6.58 Å². The summed E-state index contributed by atoms with van der Waals surface area (Å²) >= 11 is 5.06. The van der Waals surface area contributed by atoms with E-state index in [0.29, 0.717) is 23.0 Å². The normalized spacial score (nSPS) is 17.4. The quantitative estimate of drug-likeness (QED) is 0.495. The molecule has 0 aromatic carbocycles. The third kappa shape index (κ3) is 2.39. The molecule has 1 aliphatic rings. The van der Waals surface area contributed by atoms with E-state index in [-0.39, 0.29) is 5.91 Å². The van der Waals surface area contributed by atoms with Crippen LogP contribution >= 0.6 is 12.2 Å². The van der Waals surface area contributed by atoms with Crippen molar-refractivity contribution in [1.82, 2.24) is 15.2 Å². The number of carbonyl (C=O) groups excluding carboxylic acids is 1. The van der Waals surface area contributed by atoms with Crippen molar-refractivity contribution in [3.05, 3.63) is 48.4 Å². The smallest absolute Gasteiger partial charge is 0.276 e. The van der Waals surface area contributed by atoms with Crippen LogP contribution < -0.4 is 5.32 Å². The Hall–Kier alpha value is -2.01. The third-order valence-corrected chi connectivity index (χ3v) is 2.58. The molecule has 1 N–H and O–H groups in total. The largest absolute Gasteiger partial charge is 0.328 e. The molecular weight excluding hydrogens is 234 g/mol. The molecule has 0 radical (unpaired) electrons. The minimum atomic E-state index is -0.152. The van der Waals surface area contributed by atoms with E-state index < -0.39 is 0 Å². The van der Waals surface area contributed by atoms with E-state index in [1.54, 1.807) is 18.3 Å². The minimum Gasteiger partial charge on any atom is -0.328 e. The number of thiocarbonyl (C=S) groups is 1. The molecule has 5 heteroatoms. The maximum Gasteiger partial charge on any atom is 0.276 e. The SMILES string of the molecule is C=CCN1C(=O)C(=Cc2ccccn2)NC1=S. The van der Waals surface area contributed by atoms with Crippen LogP contribution in [-0.4, -0.2) is 27.4 Å². The van der Waals surface area contributed by atoms with Gasteiger partial charge in [-0.05, 0) is 30.4 Å². The number of amides is 1. The van der Waals surface area contributed by atoms with Gasteiger partial charge in [0.1, 0.15) is 5.70 Å². The fourth-order valence-electron chi connectivity index (χ4n) is 1.48. The van der Waals surface area contributed by atoms with E-state index in [9.17, 15) is 4.79 Å². The molecule has 1 amide bonds. The molecule has 4 nitrogen and oxygen atoms in total. The standard InChI is InChI=1S/C12H11N3OS/c1-2-7-15-11(16)10(14-12(15)17)8-9-5-3-4-6-13-9/h2-6,8H,1,7H2,(H,14,17). The molecule has 0 saturated carbocycles. The summed E-state index contributed by atoms with van der Waals surface area (Å²) in [6.45, 7) is 4.00. The Balaban J connectivity index is 2.25. The zero-order valence-electron chi connectivity index (χ0n) is 9.09. The third-order valence-electron chi connectivity index (χ3n) is 2.25. The first-order valence-electron chi connectivity index (χ1n) is 5.09. The van der Waals surface area contributed by atoms with Gasteiger partial charge in [-0.2, -0.15) is 0 Å². The lowest BCUT2D eigenvalue weighted by Crippen LogP contribution is -2.30. The fraction of sp³-hybridized carbons (Fsp3) is 0.0833. The molecule has 0 bridgehead atoms. The highest BCUT2D eigenvalue weighted by atomic mass is 32.1. The van der Waals surface area contributed by atoms with Gasteiger partial charge in [0.15, 0.2) is 5.11 Å². The Morgan fingerprint density at radius 2 is 2.35 bits per heavy atom. The molecule has 0 atom stereocenters. The molecule has 1 aromatic heterocycles. The summed E-state index contributed by atoms with van der Waals surface area (Å²) in [6.07, 6.45) is 4.99. The first-order valence-corrected chi connectivity index (χ1v) is 5.49. The molecule has 1 aliphatic heterocycles. The van der Waals surface area contributed by atoms with Gasteiger partial charge in [-0.3, -0.25) is 14.7 Å². The van der Waals surface area contributed by atoms with E-state index >= 15 is 0 Å². The summed E-state index contributed by atoms with van der Waals surface area (Å²) in [5, 5.41) is 3.27. The van der Waals surface area contributed by atoms with Crippen LogP contribution in [0.15, 0.2) is 42.7 Å². The van der Waals surface area contributed by atoms with Gasteiger partial charge in [0, 0.05) is 12.7 Å². The second kappa shape index (κ2) is 4.88. The summed E-state index contributed by atoms with van der Waals surface area (Å²) in [6, 6.07) is 5.50. The number of aromatic nitrogens is 1. The van der Waals surface area contributed by atoms with Crippen molar-refractivity contribution in [2.45, 2.75) is 0 Å². The molecule has 2 heterocycles. The predicted octanol–water partition coefficient (Wildman–Crippen LogP) is 1.33. The maximum absolute atomic E-state index is 11.9. The van der Waals surface area contributed by atoms with Crippen LogP contribution in [0.1, 0.15) is 5.69 Å². The highest BCUT2D eigenvalue weighted by molar-refractivity contribution is 7.80. The van der Waals surface area contributed by atoms with Gasteiger partial charge in [0.2, 0.25) is 0 Å². The topological polar surface area (TPSA) is 45.2 Å². The molecule has 2 rings (SSSR count). The van der Waals surface area contributed by atoms with Crippen molar-refractivity contribution in [3.63, 3.8) is 0 Å². The van der Waals surface area contributed by atoms with Crippen molar-refractivity contribution in [1.29, 1.82) is 0 Å². The summed E-state index contributed by atoms with van der Waals surface area (Å²) in [5.41, 5.74) is 1.15. The Morgan fingerprint density at radius 3 is 3.00 bits per heavy atom. The van der Waals surface area contributed by atoms with Crippen LogP contribution in [0.2, 0.25) is 0 Å². The number of nitrogens with zero attached hydrogens (tertiary/aromatic N) is 2. The summed E-state index contributed by atoms with van der Waals surface area (Å²) in [5.74, 6) is -0.152. The van der Waals surface area contributed by atoms with Gasteiger partial charge in [-0.25, -0.2) is 0 Å². The molecular formula is C12H11N3OS. The maximum atomic E-state index is 11.9. The van der Waals surface area contributed by atoms with Crippen LogP contribution in [0.3, 0.4) is 0 Å². The lowest BCUT2D eigenvalue weighted by atomic mass is 10.3. The average molecular weight is 245 g/mol. The van der Waals surface area contributed by atoms with Gasteiger partial charge < -0.3 is 5.32 Å². The molecule has 1 saturated heterocycles. The predicted molar refractivity (Wildman–Crippen MR) is 69.9 cm³/mol. The van der Waals surface area contributed by atoms with Gasteiger partial charge >= 0.3 is 0 Å². The van der Waals surface area contributed by atoms with Crippen molar-refractivity contribution < 1.29 is 4.79 Å². The monoisotopic (exact) mass is 245 g/mol. The van der Waals surface area contributed by atoms with Crippen molar-refractivity contribution in [2.75, 3.05) is 6.54 Å². The van der Waals surface area contributed by atoms with E-state index in [1.165, 1.54) is 4.90 Å². The molecule has 0 unspecified atom stereocenters. The molecule has 0 spiro atoms. The number of hydrogen-bond acceptors (Lipinski definition) is 3. The van der Waals surface area contributed by atoms with E-state index in [0.717, 1.165) is 0 Å². The summed E-state index contributed by atoms with van der Waals surface area (Å²) in [4.78, 5) is 17.5. The van der Waals surface area contributed by atoms with Crippen molar-refractivity contribution in [2.24, 2.45) is 0 Å². The summed E-state index contributed by atoms with van der Waals surface area (Å²) < 4.78 is 0. The van der Waals surface area contributed by atoms with Crippen LogP contribution in [0.25, 0.3) is 6.08 Å². The number of nitrogens with one attached hydrogen (secondary N) is 1. The Labute approximate surface area is 105 Å². The van der Waals surface area contributed by atoms with Gasteiger partial charge in [0.05, 0.1) is 5.69 Å². The van der Waals surface area contributed by atoms with Gasteiger partial charge in [0.25, 0.3) is 5.91 Å². The molecule has 0 aliphatic carbocycles. The van der Waals surface area contributed by atoms with Crippen LogP contribution in [0, 0.1) is 0 Å². The Bertz CT molecular complexity index is 496. The second-order valence-electron chi connectivity index (χ2n) is 3.45. The zero-order chi connectivity index (χ0) is 12.3. The zero-order valence-corrected chi connectivity index (χ0v) is 9.91. The molecule has 1 fully saturated rings. The summed E-state index contributed by atoms with van der Waals surface area (Å²) in [7, 11) is 0. The highest BCUT2D eigenvalue weighted by Gasteiger charge is 2.29. The first kappa shape index (κ1) is 11.5. The minimum absolute atomic E-state index is 0.152. The number of carbonyl (C=O) groups is 1. The average Bonchev–Trinajstić information content (AvgIpc) is 2.59. The highest BCUT2D eigenvalue weighted by Crippen LogP contribution is 2.12. The fourth-order valence-corrected chi connectivity index (χ4v) is 1.74. The number of pyridine rings is 1. The molecule has 17 heavy (non-hydrogen) atoms. The Morgan fingerprint density at radius 1 is 1.53 bits per heavy atom. The van der Waals surface area contributed by atoms with E-state index in [1.807, 2.05) is 18.2 Å². The van der Waals surface area contributed by atoms with Crippen molar-refractivity contribution in [3.8, 4) is 0 Å². The number of hydrogen-bond donors (Lipinski definition) is 1. The van der Waals surface area contributed by atoms with E-state index in [4.69, 9.17) is 12.2 Å². The first-order chi connectivity index (χ1) is 8.22. The lowest BCUT2D eigenvalue weighted by Gasteiger charge is -2.09. The lowest BCUT2D eigenvalue weighted by molar-refractivity contribution is -0.122. The van der Waals surface area contributed by atoms with Crippen LogP contribution in [0.5, 0.6) is 0 Å². The number of rotatable bonds is 3. The molecule has 86 valence electrons. The van der Waals surface area contributed by atoms with Gasteiger partial charge in [-0.1, -0.05) is 12.1 Å². The van der Waals surface area contributed by atoms with Crippen LogP contribution in [0.4, 0.5) is 0 Å². The van der Waals surface area contributed by atoms with E-state index in [2.05, 4.69) is 16.9 Å².